The van der Waals surface area contributed by atoms with Crippen LogP contribution in [0.4, 0.5) is 5.69 Å². The summed E-state index contributed by atoms with van der Waals surface area (Å²) >= 11 is 0. The van der Waals surface area contributed by atoms with E-state index < -0.39 is 106 Å². The van der Waals surface area contributed by atoms with Gasteiger partial charge in [-0.1, -0.05) is 69.7 Å². The lowest BCUT2D eigenvalue weighted by Gasteiger charge is -2.39. The Hall–Kier alpha value is -7.09. The highest BCUT2D eigenvalue weighted by atomic mass is 16.6. The molecule has 3 aliphatic rings. The Morgan fingerprint density at radius 1 is 0.811 bits per heavy atom. The molecule has 0 radical (unpaired) electrons. The van der Waals surface area contributed by atoms with E-state index in [1.54, 1.807) is 32.2 Å². The number of carbonyl (C=O) groups is 7. The lowest BCUT2D eigenvalue weighted by molar-refractivity contribution is -0.385. The van der Waals surface area contributed by atoms with E-state index in [1.807, 2.05) is 58.2 Å². The first-order valence-electron chi connectivity index (χ1n) is 25.4. The number of fused-ring (bicyclic) bond motifs is 3. The third kappa shape index (κ3) is 12.8. The van der Waals surface area contributed by atoms with Crippen LogP contribution >= 0.6 is 0 Å². The molecule has 1 aromatic heterocycles. The van der Waals surface area contributed by atoms with Gasteiger partial charge in [-0.15, -0.1) is 0 Å². The molecule has 2 saturated heterocycles. The monoisotopic (exact) mass is 1020 g/mol. The van der Waals surface area contributed by atoms with Gasteiger partial charge in [-0.25, -0.2) is 0 Å². The van der Waals surface area contributed by atoms with E-state index in [9.17, 15) is 44.0 Å². The van der Waals surface area contributed by atoms with E-state index in [1.165, 1.54) is 41.8 Å². The largest absolute Gasteiger partial charge is 0.502 e. The number of nitro groups is 1. The van der Waals surface area contributed by atoms with Crippen LogP contribution in [-0.4, -0.2) is 140 Å². The lowest BCUT2D eigenvalue weighted by atomic mass is 9.95. The number of hydrogen-bond acceptors (Lipinski definition) is 11. The van der Waals surface area contributed by atoms with Gasteiger partial charge in [-0.2, -0.15) is 0 Å². The second-order valence-corrected chi connectivity index (χ2v) is 21.4. The lowest BCUT2D eigenvalue weighted by Crippen LogP contribution is -2.60. The number of nitrogens with one attached hydrogen (secondary N) is 4. The van der Waals surface area contributed by atoms with Crippen LogP contribution < -0.4 is 21.3 Å². The van der Waals surface area contributed by atoms with E-state index in [2.05, 4.69) is 39.7 Å². The second-order valence-electron chi connectivity index (χ2n) is 21.4. The van der Waals surface area contributed by atoms with Crippen molar-refractivity contribution in [2.75, 3.05) is 20.7 Å². The summed E-state index contributed by atoms with van der Waals surface area (Å²) < 4.78 is 7.86. The first kappa shape index (κ1) is 56.2. The normalized spacial score (nSPS) is 25.2. The molecule has 0 spiro atoms. The average molecular weight is 1020 g/mol. The number of hydrogen-bond donors (Lipinski definition) is 5. The number of epoxide rings is 1. The Balaban J connectivity index is 1.50. The van der Waals surface area contributed by atoms with Crippen LogP contribution in [0.15, 0.2) is 72.6 Å². The quantitative estimate of drug-likeness (QED) is 0.0696. The van der Waals surface area contributed by atoms with E-state index in [0.29, 0.717) is 17.7 Å². The molecule has 8 atom stereocenters. The molecule has 400 valence electrons. The summed E-state index contributed by atoms with van der Waals surface area (Å²) in [6.45, 7) is 17.1. The number of carbonyl (C=O) groups excluding carboxylic acids is 7. The maximum atomic E-state index is 15.4. The van der Waals surface area contributed by atoms with Gasteiger partial charge in [0.1, 0.15) is 48.4 Å². The Kier molecular flexibility index (Phi) is 17.8. The van der Waals surface area contributed by atoms with Crippen LogP contribution in [0.5, 0.6) is 5.75 Å². The van der Waals surface area contributed by atoms with Crippen molar-refractivity contribution in [3.8, 4) is 5.75 Å². The molecular formula is C54H73N9O11. The van der Waals surface area contributed by atoms with Gasteiger partial charge in [-0.3, -0.25) is 43.7 Å². The van der Waals surface area contributed by atoms with Gasteiger partial charge < -0.3 is 50.4 Å². The highest BCUT2D eigenvalue weighted by Gasteiger charge is 2.44. The van der Waals surface area contributed by atoms with Crippen LogP contribution in [0.1, 0.15) is 99.1 Å². The molecule has 4 heterocycles. The minimum Gasteiger partial charge on any atom is -0.502 e. The maximum absolute atomic E-state index is 15.4. The number of nitrogens with zero attached hydrogens (tertiary/aromatic N) is 5. The number of para-hydroxylation sites is 1. The summed E-state index contributed by atoms with van der Waals surface area (Å²) in [5, 5.41) is 34.3. The van der Waals surface area contributed by atoms with Gasteiger partial charge in [0, 0.05) is 56.3 Å². The molecule has 6 rings (SSSR count). The number of phenols is 1. The SMILES string of the molecule is C/C=C/C[C@@H]1NC(=O)[C@H](CC(C)C)N2C=C(C)CC(C2=O)N(C)C(=O)[C@@H](C)NC(=O)[C@@H](Cc2ccc(O)c([N+](=O)[O-])c2)NC(=O)[C@H](CC(C)C)N(C)C(=O)[C@@H](Cc2cn(C(C)(C)C3CO3)c3ccccc23)NC1=O. The number of nitro benzene ring substituents is 1. The molecule has 3 aromatic rings. The zero-order valence-electron chi connectivity index (χ0n) is 44.3. The fourth-order valence-corrected chi connectivity index (χ4v) is 9.90. The summed E-state index contributed by atoms with van der Waals surface area (Å²) in [6, 6.07) is 2.35. The molecule has 20 nitrogen and oxygen atoms in total. The molecular weight excluding hydrogens is 951 g/mol. The first-order chi connectivity index (χ1) is 34.8. The minimum absolute atomic E-state index is 0.0136. The summed E-state index contributed by atoms with van der Waals surface area (Å²) in [5.41, 5.74) is 1.30. The fraction of sp³-hybridized carbons (Fsp3) is 0.537. The van der Waals surface area contributed by atoms with Gasteiger partial charge >= 0.3 is 5.69 Å². The topological polar surface area (TPSA) is 258 Å². The van der Waals surface area contributed by atoms with Crippen molar-refractivity contribution >= 4 is 57.9 Å². The average Bonchev–Trinajstić information content (AvgIpc) is 4.15. The van der Waals surface area contributed by atoms with Gasteiger partial charge in [0.05, 0.1) is 17.1 Å². The number of benzene rings is 2. The van der Waals surface area contributed by atoms with Crippen LogP contribution in [-0.2, 0) is 56.7 Å². The van der Waals surface area contributed by atoms with Gasteiger partial charge in [-0.05, 0) is 95.4 Å². The number of rotatable bonds is 13. The number of allylic oxidation sites excluding steroid dienone is 1. The number of phenolic OH excluding ortho intramolecular Hbond substituents is 1. The summed E-state index contributed by atoms with van der Waals surface area (Å²) in [5.74, 6) is -5.81. The van der Waals surface area contributed by atoms with Gasteiger partial charge in [0.15, 0.2) is 5.75 Å². The standard InChI is InChI=1S/C54H73N9O11/c1-12-13-17-37-47(65)58-39(26-35-28-62(54(8,9)46-29-74-46)40-18-15-14-16-36(35)40)52(70)59(10)42(21-30(2)3)49(67)57-38(24-34-19-20-45(64)41(25-34)63(72)73)48(66)55-33(7)51(69)60(11)44-23-32(6)27-61(53(44)71)43(22-31(4)5)50(68)56-37/h12-16,18-20,25,27-28,30-31,33,37-39,42-44,46,64H,17,21-24,26,29H2,1-11H3,(H,55,66)(H,56,68)(H,57,67)(H,58,65)/b13-12+/t33-,37+,38-,39-,42+,43+,44?,46?/m1/s1. The first-order valence-corrected chi connectivity index (χ1v) is 25.4. The van der Waals surface area contributed by atoms with Crippen molar-refractivity contribution in [1.82, 2.24) is 40.5 Å². The van der Waals surface area contributed by atoms with Crippen LogP contribution in [0.25, 0.3) is 10.9 Å². The predicted octanol–water partition coefficient (Wildman–Crippen LogP) is 4.36. The molecule has 3 aliphatic heterocycles. The molecule has 2 aromatic carbocycles. The van der Waals surface area contributed by atoms with Crippen molar-refractivity contribution < 1.29 is 48.3 Å². The third-order valence-corrected chi connectivity index (χ3v) is 14.2. The summed E-state index contributed by atoms with van der Waals surface area (Å²) in [4.78, 5) is 118. The Morgan fingerprint density at radius 3 is 2.05 bits per heavy atom. The highest BCUT2D eigenvalue weighted by Crippen LogP contribution is 2.36. The zero-order chi connectivity index (χ0) is 54.5. The molecule has 5 N–H and O–H groups in total. The molecule has 0 aliphatic carbocycles. The smallest absolute Gasteiger partial charge is 0.310 e. The predicted molar refractivity (Wildman–Crippen MR) is 277 cm³/mol. The second kappa shape index (κ2) is 23.4. The van der Waals surface area contributed by atoms with Crippen molar-refractivity contribution in [1.29, 1.82) is 0 Å². The molecule has 20 heteroatoms. The number of likely N-dealkylation sites (N-methyl/N-ethyl adjacent to an activating group) is 2. The maximum Gasteiger partial charge on any atom is 0.310 e. The van der Waals surface area contributed by atoms with Gasteiger partial charge in [0.25, 0.3) is 0 Å². The van der Waals surface area contributed by atoms with E-state index in [-0.39, 0.29) is 62.0 Å². The molecule has 74 heavy (non-hydrogen) atoms. The Labute approximate surface area is 432 Å². The van der Waals surface area contributed by atoms with Crippen LogP contribution in [0.3, 0.4) is 0 Å². The molecule has 2 fully saturated rings. The fourth-order valence-electron chi connectivity index (χ4n) is 9.90. The highest BCUT2D eigenvalue weighted by molar-refractivity contribution is 5.99. The van der Waals surface area contributed by atoms with Crippen LogP contribution in [0.2, 0.25) is 0 Å². The summed E-state index contributed by atoms with van der Waals surface area (Å²) in [6.07, 6.45) is 6.88. The van der Waals surface area contributed by atoms with Gasteiger partial charge in [0.2, 0.25) is 41.4 Å². The molecule has 7 amide bonds. The molecule has 0 saturated carbocycles. The van der Waals surface area contributed by atoms with E-state index in [0.717, 1.165) is 23.0 Å². The Bertz CT molecular complexity index is 2710. The number of amides is 7. The van der Waals surface area contributed by atoms with Crippen molar-refractivity contribution in [3.63, 3.8) is 0 Å². The Morgan fingerprint density at radius 2 is 1.42 bits per heavy atom. The molecule has 2 unspecified atom stereocenters. The number of aromatic hydroxyl groups is 1. The minimum atomic E-state index is -1.50. The zero-order valence-corrected chi connectivity index (χ0v) is 44.3. The van der Waals surface area contributed by atoms with Crippen molar-refractivity contribution in [2.45, 2.75) is 155 Å². The number of aromatic nitrogens is 1. The van der Waals surface area contributed by atoms with Crippen molar-refractivity contribution in [2.24, 2.45) is 11.8 Å². The van der Waals surface area contributed by atoms with Crippen molar-refractivity contribution in [3.05, 3.63) is 93.8 Å². The van der Waals surface area contributed by atoms with E-state index in [4.69, 9.17) is 4.74 Å². The van der Waals surface area contributed by atoms with Crippen LogP contribution in [0, 0.1) is 22.0 Å². The van der Waals surface area contributed by atoms with E-state index >= 15 is 4.79 Å². The number of ether oxygens (including phenoxy) is 1. The molecule has 2 bridgehead atoms. The summed E-state index contributed by atoms with van der Waals surface area (Å²) in [7, 11) is 2.85. The third-order valence-electron chi connectivity index (χ3n) is 14.2.